The maximum atomic E-state index is 13.1. The van der Waals surface area contributed by atoms with Crippen molar-refractivity contribution in [3.8, 4) is 17.1 Å². The Morgan fingerprint density at radius 2 is 2.14 bits per heavy atom. The highest BCUT2D eigenvalue weighted by Crippen LogP contribution is 2.37. The van der Waals surface area contributed by atoms with E-state index in [0.29, 0.717) is 70.3 Å². The van der Waals surface area contributed by atoms with Crippen molar-refractivity contribution < 1.29 is 13.6 Å². The highest BCUT2D eigenvalue weighted by Gasteiger charge is 2.31. The van der Waals surface area contributed by atoms with Crippen LogP contribution >= 0.6 is 0 Å². The second-order valence-corrected chi connectivity index (χ2v) is 8.78. The van der Waals surface area contributed by atoms with E-state index in [2.05, 4.69) is 25.2 Å². The number of nitrogens with zero attached hydrogens (tertiary/aromatic N) is 5. The van der Waals surface area contributed by atoms with Crippen LogP contribution in [0.4, 0.5) is 17.2 Å². The Morgan fingerprint density at radius 1 is 1.17 bits per heavy atom. The minimum absolute atomic E-state index is 0.169. The SMILES string of the molecule is [2H]C([2H])([2H])n1ccc2c(-c3ncc(Nc4ccc5c(n4)OC[C@@H]4COCCN54)c4c(=O)[nH]ccc34)ccnc21. The zero-order valence-electron chi connectivity index (χ0n) is 22.1. The summed E-state index contributed by atoms with van der Waals surface area (Å²) in [6.07, 6.45) is 6.18. The largest absolute Gasteiger partial charge is 0.474 e. The molecular weight excluding hydrogens is 458 g/mol. The van der Waals surface area contributed by atoms with Gasteiger partial charge in [0.1, 0.15) is 23.8 Å². The number of hydrogen-bond donors (Lipinski definition) is 2. The van der Waals surface area contributed by atoms with Gasteiger partial charge in [-0.15, -0.1) is 0 Å². The maximum Gasteiger partial charge on any atom is 0.258 e. The summed E-state index contributed by atoms with van der Waals surface area (Å²) in [4.78, 5) is 31.7. The van der Waals surface area contributed by atoms with Crippen molar-refractivity contribution >= 4 is 39.0 Å². The van der Waals surface area contributed by atoms with Crippen LogP contribution in [0.5, 0.6) is 5.88 Å². The number of aryl methyl sites for hydroxylation is 1. The van der Waals surface area contributed by atoms with Crippen LogP contribution in [0.1, 0.15) is 4.11 Å². The molecule has 2 aliphatic heterocycles. The second kappa shape index (κ2) is 8.06. The Morgan fingerprint density at radius 3 is 3.08 bits per heavy atom. The third-order valence-corrected chi connectivity index (χ3v) is 6.70. The Kier molecular flexibility index (Phi) is 4.01. The fraction of sp³-hybridized carbons (Fsp3) is 0.231. The number of ether oxygens (including phenoxy) is 2. The molecule has 0 radical (unpaired) electrons. The van der Waals surface area contributed by atoms with Gasteiger partial charge in [-0.3, -0.25) is 9.78 Å². The first kappa shape index (κ1) is 17.9. The molecule has 180 valence electrons. The van der Waals surface area contributed by atoms with Gasteiger partial charge >= 0.3 is 0 Å². The van der Waals surface area contributed by atoms with Gasteiger partial charge < -0.3 is 29.2 Å². The molecule has 0 aromatic carbocycles. The number of pyridine rings is 4. The fourth-order valence-electron chi connectivity index (χ4n) is 5.01. The Balaban J connectivity index is 1.31. The topological polar surface area (TPSA) is 110 Å². The lowest BCUT2D eigenvalue weighted by molar-refractivity contribution is 0.0693. The van der Waals surface area contributed by atoms with Gasteiger partial charge in [-0.1, -0.05) is 0 Å². The molecule has 36 heavy (non-hydrogen) atoms. The molecule has 5 aromatic heterocycles. The standard InChI is InChI=1S/C26H23N7O3/c1-32-9-6-17-16(4-7-27-24(17)32)23-18-5-8-28-25(34)22(18)19(12-29-23)30-21-3-2-20-26(31-21)36-14-15-13-35-11-10-33(15)20/h2-9,12,15H,10-11,13-14H2,1H3,(H,28,34)(H,30,31)/t15-/m0/s1/i1D3. The first-order valence-electron chi connectivity index (χ1n) is 13.1. The summed E-state index contributed by atoms with van der Waals surface area (Å²) in [5.41, 5.74) is 2.63. The molecule has 2 aliphatic rings. The van der Waals surface area contributed by atoms with Crippen molar-refractivity contribution in [3.05, 3.63) is 65.5 Å². The van der Waals surface area contributed by atoms with Crippen LogP contribution in [0.25, 0.3) is 33.1 Å². The quantitative estimate of drug-likeness (QED) is 0.402. The number of fused-ring (bicyclic) bond motifs is 5. The molecule has 0 unspecified atom stereocenters. The molecule has 0 amide bonds. The van der Waals surface area contributed by atoms with E-state index in [0.717, 1.165) is 16.8 Å². The predicted molar refractivity (Wildman–Crippen MR) is 137 cm³/mol. The smallest absolute Gasteiger partial charge is 0.258 e. The summed E-state index contributed by atoms with van der Waals surface area (Å²) < 4.78 is 36.1. The molecule has 7 rings (SSSR count). The summed E-state index contributed by atoms with van der Waals surface area (Å²) >= 11 is 0. The summed E-state index contributed by atoms with van der Waals surface area (Å²) in [5, 5.41) is 4.87. The molecule has 1 atom stereocenters. The van der Waals surface area contributed by atoms with Crippen LogP contribution in [0.15, 0.2) is 59.9 Å². The number of morpholine rings is 1. The van der Waals surface area contributed by atoms with Gasteiger partial charge in [-0.25, -0.2) is 4.98 Å². The number of nitrogens with one attached hydrogen (secondary N) is 2. The van der Waals surface area contributed by atoms with Crippen LogP contribution in [0.3, 0.4) is 0 Å². The van der Waals surface area contributed by atoms with Gasteiger partial charge in [-0.05, 0) is 30.3 Å². The molecular formula is C26H23N7O3. The minimum Gasteiger partial charge on any atom is -0.474 e. The summed E-state index contributed by atoms with van der Waals surface area (Å²) in [6, 6.07) is 9.22. The number of aromatic nitrogens is 5. The summed E-state index contributed by atoms with van der Waals surface area (Å²) in [7, 11) is 0. The van der Waals surface area contributed by atoms with E-state index in [9.17, 15) is 4.79 Å². The zero-order chi connectivity index (χ0) is 26.7. The highest BCUT2D eigenvalue weighted by atomic mass is 16.5. The number of anilines is 3. The van der Waals surface area contributed by atoms with E-state index in [1.807, 2.05) is 12.1 Å². The third kappa shape index (κ3) is 3.22. The van der Waals surface area contributed by atoms with Gasteiger partial charge in [-0.2, -0.15) is 4.98 Å². The van der Waals surface area contributed by atoms with Gasteiger partial charge in [0.05, 0.1) is 42.2 Å². The van der Waals surface area contributed by atoms with Crippen molar-refractivity contribution in [2.75, 3.05) is 36.6 Å². The van der Waals surface area contributed by atoms with E-state index in [1.165, 1.54) is 6.20 Å². The zero-order valence-corrected chi connectivity index (χ0v) is 19.1. The molecule has 0 saturated carbocycles. The third-order valence-electron chi connectivity index (χ3n) is 6.70. The van der Waals surface area contributed by atoms with Crippen LogP contribution in [-0.4, -0.2) is 56.9 Å². The molecule has 0 aliphatic carbocycles. The van der Waals surface area contributed by atoms with E-state index in [4.69, 9.17) is 18.6 Å². The van der Waals surface area contributed by atoms with Crippen molar-refractivity contribution in [1.82, 2.24) is 24.5 Å². The highest BCUT2D eigenvalue weighted by molar-refractivity contribution is 6.06. The monoisotopic (exact) mass is 484 g/mol. The number of aromatic amines is 1. The first-order valence-corrected chi connectivity index (χ1v) is 11.6. The maximum absolute atomic E-state index is 13.1. The van der Waals surface area contributed by atoms with E-state index in [-0.39, 0.29) is 11.6 Å². The molecule has 7 heterocycles. The van der Waals surface area contributed by atoms with Gasteiger partial charge in [0.2, 0.25) is 5.88 Å². The molecule has 10 nitrogen and oxygen atoms in total. The predicted octanol–water partition coefficient (Wildman–Crippen LogP) is 3.21. The lowest BCUT2D eigenvalue weighted by atomic mass is 10.0. The van der Waals surface area contributed by atoms with Crippen molar-refractivity contribution in [3.63, 3.8) is 0 Å². The number of hydrogen-bond acceptors (Lipinski definition) is 8. The van der Waals surface area contributed by atoms with Crippen molar-refractivity contribution in [2.45, 2.75) is 6.04 Å². The first-order chi connectivity index (χ1) is 18.9. The molecule has 10 heteroatoms. The van der Waals surface area contributed by atoms with Gasteiger partial charge in [0.15, 0.2) is 0 Å². The van der Waals surface area contributed by atoms with Crippen LogP contribution in [-0.2, 0) is 11.7 Å². The molecule has 1 fully saturated rings. The fourth-order valence-corrected chi connectivity index (χ4v) is 5.01. The molecule has 2 N–H and O–H groups in total. The minimum atomic E-state index is -2.37. The van der Waals surface area contributed by atoms with Gasteiger partial charge in [0, 0.05) is 52.6 Å². The molecule has 5 aromatic rings. The lowest BCUT2D eigenvalue weighted by Gasteiger charge is -2.40. The Labute approximate surface area is 209 Å². The Bertz CT molecular complexity index is 1800. The molecule has 1 saturated heterocycles. The average molecular weight is 485 g/mol. The Hall–Kier alpha value is -4.44. The summed E-state index contributed by atoms with van der Waals surface area (Å²) in [6.45, 7) is 0.178. The second-order valence-electron chi connectivity index (χ2n) is 8.78. The van der Waals surface area contributed by atoms with Crippen LogP contribution in [0, 0.1) is 0 Å². The number of rotatable bonds is 3. The van der Waals surface area contributed by atoms with E-state index < -0.39 is 6.98 Å². The van der Waals surface area contributed by atoms with Crippen LogP contribution < -0.4 is 20.5 Å². The van der Waals surface area contributed by atoms with Crippen molar-refractivity contribution in [2.24, 2.45) is 6.98 Å². The van der Waals surface area contributed by atoms with E-state index >= 15 is 0 Å². The lowest BCUT2D eigenvalue weighted by Crippen LogP contribution is -2.51. The average Bonchev–Trinajstić information content (AvgIpc) is 3.39. The van der Waals surface area contributed by atoms with Crippen LogP contribution in [0.2, 0.25) is 0 Å². The number of H-pyrrole nitrogens is 1. The molecule has 0 bridgehead atoms. The van der Waals surface area contributed by atoms with Crippen molar-refractivity contribution in [1.29, 1.82) is 0 Å². The van der Waals surface area contributed by atoms with E-state index in [1.54, 1.807) is 36.8 Å². The van der Waals surface area contributed by atoms with Gasteiger partial charge in [0.25, 0.3) is 5.56 Å². The summed E-state index contributed by atoms with van der Waals surface area (Å²) in [5.74, 6) is 1.04. The molecule has 0 spiro atoms. The normalized spacial score (nSPS) is 18.6.